The molecule has 1 aliphatic heterocycles. The van der Waals surface area contributed by atoms with Crippen molar-refractivity contribution >= 4 is 23.2 Å². The molecular weight excluding hydrogens is 302 g/mol. The SMILES string of the molecule is CC(=O)NC(CC(=O)N1CCN(CCO)CC1)c1cccs1. The van der Waals surface area contributed by atoms with E-state index in [1.54, 1.807) is 11.3 Å². The van der Waals surface area contributed by atoms with E-state index < -0.39 is 0 Å². The first kappa shape index (κ1) is 16.9. The van der Waals surface area contributed by atoms with Gasteiger partial charge in [0.1, 0.15) is 0 Å². The lowest BCUT2D eigenvalue weighted by Crippen LogP contribution is -2.49. The predicted molar refractivity (Wildman–Crippen MR) is 85.6 cm³/mol. The molecule has 1 unspecified atom stereocenters. The van der Waals surface area contributed by atoms with Crippen LogP contribution in [0.2, 0.25) is 0 Å². The standard InChI is InChI=1S/C15H23N3O3S/c1-12(20)16-13(14-3-2-10-22-14)11-15(21)18-6-4-17(5-7-18)8-9-19/h2-3,10,13,19H,4-9,11H2,1H3,(H,16,20). The minimum atomic E-state index is -0.250. The zero-order valence-electron chi connectivity index (χ0n) is 12.8. The lowest BCUT2D eigenvalue weighted by molar-refractivity contribution is -0.133. The van der Waals surface area contributed by atoms with Gasteiger partial charge in [0.2, 0.25) is 11.8 Å². The van der Waals surface area contributed by atoms with E-state index in [0.29, 0.717) is 26.1 Å². The molecule has 0 bridgehead atoms. The van der Waals surface area contributed by atoms with Gasteiger partial charge in [-0.25, -0.2) is 0 Å². The third-order valence-electron chi connectivity index (χ3n) is 3.78. The van der Waals surface area contributed by atoms with E-state index in [2.05, 4.69) is 10.2 Å². The third-order valence-corrected chi connectivity index (χ3v) is 4.77. The molecule has 0 radical (unpaired) electrons. The first-order valence-corrected chi connectivity index (χ1v) is 8.39. The van der Waals surface area contributed by atoms with Crippen molar-refractivity contribution in [2.24, 2.45) is 0 Å². The van der Waals surface area contributed by atoms with Gasteiger partial charge >= 0.3 is 0 Å². The van der Waals surface area contributed by atoms with E-state index in [0.717, 1.165) is 18.0 Å². The first-order chi connectivity index (χ1) is 10.6. The Kier molecular flexibility index (Phi) is 6.35. The van der Waals surface area contributed by atoms with Crippen molar-refractivity contribution in [3.8, 4) is 0 Å². The van der Waals surface area contributed by atoms with Crippen LogP contribution in [-0.2, 0) is 9.59 Å². The van der Waals surface area contributed by atoms with Gasteiger partial charge in [-0.2, -0.15) is 0 Å². The van der Waals surface area contributed by atoms with Crippen molar-refractivity contribution in [2.45, 2.75) is 19.4 Å². The number of carbonyl (C=O) groups excluding carboxylic acids is 2. The van der Waals surface area contributed by atoms with Crippen LogP contribution in [0.1, 0.15) is 24.3 Å². The normalized spacial score (nSPS) is 17.3. The molecule has 7 heteroatoms. The molecule has 2 heterocycles. The molecule has 0 aromatic carbocycles. The van der Waals surface area contributed by atoms with Crippen molar-refractivity contribution in [3.05, 3.63) is 22.4 Å². The highest BCUT2D eigenvalue weighted by atomic mass is 32.1. The van der Waals surface area contributed by atoms with E-state index in [1.165, 1.54) is 6.92 Å². The zero-order valence-corrected chi connectivity index (χ0v) is 13.6. The molecule has 0 spiro atoms. The third kappa shape index (κ3) is 4.79. The summed E-state index contributed by atoms with van der Waals surface area (Å²) in [5, 5.41) is 13.7. The summed E-state index contributed by atoms with van der Waals surface area (Å²) in [7, 11) is 0. The van der Waals surface area contributed by atoms with Gasteiger partial charge in [0.15, 0.2) is 0 Å². The molecule has 1 saturated heterocycles. The quantitative estimate of drug-likeness (QED) is 0.797. The van der Waals surface area contributed by atoms with E-state index in [1.807, 2.05) is 22.4 Å². The van der Waals surface area contributed by atoms with Gasteiger partial charge in [-0.1, -0.05) is 6.07 Å². The topological polar surface area (TPSA) is 72.9 Å². The number of rotatable bonds is 6. The summed E-state index contributed by atoms with van der Waals surface area (Å²) in [6.07, 6.45) is 0.292. The second-order valence-electron chi connectivity index (χ2n) is 5.42. The fraction of sp³-hybridized carbons (Fsp3) is 0.600. The Labute approximate surface area is 134 Å². The van der Waals surface area contributed by atoms with Gasteiger partial charge in [0.25, 0.3) is 0 Å². The minimum absolute atomic E-state index is 0.0656. The summed E-state index contributed by atoms with van der Waals surface area (Å²) in [5.41, 5.74) is 0. The molecule has 2 N–H and O–H groups in total. The number of thiophene rings is 1. The average Bonchev–Trinajstić information content (AvgIpc) is 3.01. The number of hydrogen-bond donors (Lipinski definition) is 2. The second-order valence-corrected chi connectivity index (χ2v) is 6.40. The Hall–Kier alpha value is -1.44. The van der Waals surface area contributed by atoms with E-state index in [4.69, 9.17) is 5.11 Å². The lowest BCUT2D eigenvalue weighted by atomic mass is 10.1. The fourth-order valence-electron chi connectivity index (χ4n) is 2.62. The molecule has 6 nitrogen and oxygen atoms in total. The molecule has 2 amide bonds. The van der Waals surface area contributed by atoms with Gasteiger partial charge < -0.3 is 15.3 Å². The van der Waals surface area contributed by atoms with Crippen LogP contribution in [-0.4, -0.2) is 66.1 Å². The van der Waals surface area contributed by atoms with Crippen LogP contribution in [0.5, 0.6) is 0 Å². The van der Waals surface area contributed by atoms with Crippen molar-refractivity contribution in [3.63, 3.8) is 0 Å². The van der Waals surface area contributed by atoms with Crippen LogP contribution in [0.25, 0.3) is 0 Å². The minimum Gasteiger partial charge on any atom is -0.395 e. The number of hydrogen-bond acceptors (Lipinski definition) is 5. The number of aliphatic hydroxyl groups excluding tert-OH is 1. The molecule has 2 rings (SSSR count). The number of amides is 2. The Bertz CT molecular complexity index is 484. The summed E-state index contributed by atoms with van der Waals surface area (Å²) in [6, 6.07) is 3.62. The number of β-amino-alcohol motifs (C(OH)–C–C–N with tert-alkyl or cyclic N) is 1. The number of nitrogens with one attached hydrogen (secondary N) is 1. The zero-order chi connectivity index (χ0) is 15.9. The van der Waals surface area contributed by atoms with Gasteiger partial charge in [-0.05, 0) is 11.4 Å². The van der Waals surface area contributed by atoms with E-state index in [9.17, 15) is 9.59 Å². The first-order valence-electron chi connectivity index (χ1n) is 7.51. The van der Waals surface area contributed by atoms with Gasteiger partial charge in [0, 0.05) is 44.5 Å². The molecule has 1 atom stereocenters. The molecule has 22 heavy (non-hydrogen) atoms. The van der Waals surface area contributed by atoms with Crippen LogP contribution >= 0.6 is 11.3 Å². The van der Waals surface area contributed by atoms with Crippen molar-refractivity contribution in [1.82, 2.24) is 15.1 Å². The number of aliphatic hydroxyl groups is 1. The molecular formula is C15H23N3O3S. The molecule has 1 aromatic rings. The molecule has 122 valence electrons. The smallest absolute Gasteiger partial charge is 0.225 e. The monoisotopic (exact) mass is 325 g/mol. The fourth-order valence-corrected chi connectivity index (χ4v) is 3.40. The Morgan fingerprint density at radius 3 is 2.64 bits per heavy atom. The van der Waals surface area contributed by atoms with Crippen LogP contribution in [0, 0.1) is 0 Å². The second kappa shape index (κ2) is 8.26. The summed E-state index contributed by atoms with van der Waals surface area (Å²) in [5.74, 6) is -0.0604. The molecule has 1 aromatic heterocycles. The van der Waals surface area contributed by atoms with Gasteiger partial charge in [-0.15, -0.1) is 11.3 Å². The van der Waals surface area contributed by atoms with Crippen molar-refractivity contribution in [1.29, 1.82) is 0 Å². The number of carbonyl (C=O) groups is 2. The van der Waals surface area contributed by atoms with Crippen LogP contribution in [0.15, 0.2) is 17.5 Å². The van der Waals surface area contributed by atoms with Gasteiger partial charge in [-0.3, -0.25) is 14.5 Å². The lowest BCUT2D eigenvalue weighted by Gasteiger charge is -2.35. The summed E-state index contributed by atoms with van der Waals surface area (Å²) in [6.45, 7) is 5.21. The molecule has 1 fully saturated rings. The average molecular weight is 325 g/mol. The molecule has 0 saturated carbocycles. The maximum absolute atomic E-state index is 12.5. The number of piperazine rings is 1. The van der Waals surface area contributed by atoms with Crippen LogP contribution in [0.3, 0.4) is 0 Å². The summed E-state index contributed by atoms with van der Waals surface area (Å²) in [4.78, 5) is 28.8. The van der Waals surface area contributed by atoms with Gasteiger partial charge in [0.05, 0.1) is 19.1 Å². The number of nitrogens with zero attached hydrogens (tertiary/aromatic N) is 2. The van der Waals surface area contributed by atoms with Crippen molar-refractivity contribution in [2.75, 3.05) is 39.3 Å². The maximum Gasteiger partial charge on any atom is 0.225 e. The van der Waals surface area contributed by atoms with E-state index >= 15 is 0 Å². The highest BCUT2D eigenvalue weighted by molar-refractivity contribution is 7.10. The summed E-state index contributed by atoms with van der Waals surface area (Å²) < 4.78 is 0. The van der Waals surface area contributed by atoms with E-state index in [-0.39, 0.29) is 24.5 Å². The van der Waals surface area contributed by atoms with Crippen LogP contribution < -0.4 is 5.32 Å². The summed E-state index contributed by atoms with van der Waals surface area (Å²) >= 11 is 1.55. The van der Waals surface area contributed by atoms with Crippen molar-refractivity contribution < 1.29 is 14.7 Å². The molecule has 1 aliphatic rings. The van der Waals surface area contributed by atoms with Crippen LogP contribution in [0.4, 0.5) is 0 Å². The Morgan fingerprint density at radius 1 is 1.36 bits per heavy atom. The highest BCUT2D eigenvalue weighted by Crippen LogP contribution is 2.23. The highest BCUT2D eigenvalue weighted by Gasteiger charge is 2.24. The largest absolute Gasteiger partial charge is 0.395 e. The maximum atomic E-state index is 12.5. The predicted octanol–water partition coefficient (Wildman–Crippen LogP) is 0.452. The molecule has 0 aliphatic carbocycles. The Balaban J connectivity index is 1.90. The Morgan fingerprint density at radius 2 is 2.09 bits per heavy atom.